The Balaban J connectivity index is 2.13. The lowest BCUT2D eigenvalue weighted by molar-refractivity contribution is -0.132. The quantitative estimate of drug-likeness (QED) is 0.706. The molecule has 0 radical (unpaired) electrons. The topological polar surface area (TPSA) is 41.6 Å². The molecule has 1 aliphatic heterocycles. The first kappa shape index (κ1) is 13.3. The molecule has 1 N–H and O–H groups in total. The van der Waals surface area contributed by atoms with Crippen LogP contribution < -0.4 is 5.32 Å². The molecule has 0 spiro atoms. The monoisotopic (exact) mass is 236 g/mol. The van der Waals surface area contributed by atoms with E-state index in [0.717, 1.165) is 26.1 Å². The highest BCUT2D eigenvalue weighted by atomic mass is 19.3. The van der Waals surface area contributed by atoms with Crippen LogP contribution in [0.15, 0.2) is 0 Å². The van der Waals surface area contributed by atoms with Gasteiger partial charge >= 0.3 is 0 Å². The van der Waals surface area contributed by atoms with E-state index >= 15 is 0 Å². The van der Waals surface area contributed by atoms with Crippen molar-refractivity contribution in [1.29, 1.82) is 0 Å². The first-order valence-corrected chi connectivity index (χ1v) is 5.54. The molecule has 4 nitrogen and oxygen atoms in total. The van der Waals surface area contributed by atoms with Crippen molar-refractivity contribution in [1.82, 2.24) is 10.2 Å². The van der Waals surface area contributed by atoms with Gasteiger partial charge < -0.3 is 15.0 Å². The van der Waals surface area contributed by atoms with Gasteiger partial charge in [0.25, 0.3) is 6.43 Å². The van der Waals surface area contributed by atoms with Gasteiger partial charge in [-0.25, -0.2) is 8.78 Å². The molecule has 0 aliphatic carbocycles. The Bertz CT molecular complexity index is 207. The third-order valence-corrected chi connectivity index (χ3v) is 2.40. The van der Waals surface area contributed by atoms with Crippen LogP contribution in [0.2, 0.25) is 0 Å². The minimum Gasteiger partial charge on any atom is -0.375 e. The summed E-state index contributed by atoms with van der Waals surface area (Å²) in [6.45, 7) is 2.63. The number of hydrogen-bond donors (Lipinski definition) is 1. The lowest BCUT2D eigenvalue weighted by Gasteiger charge is -2.19. The summed E-state index contributed by atoms with van der Waals surface area (Å²) in [5.41, 5.74) is 0. The number of ether oxygens (including phenoxy) is 1. The van der Waals surface area contributed by atoms with E-state index < -0.39 is 13.0 Å². The van der Waals surface area contributed by atoms with Crippen molar-refractivity contribution in [2.75, 3.05) is 39.4 Å². The first-order valence-electron chi connectivity index (χ1n) is 5.54. The molecular formula is C10H18F2N2O2. The van der Waals surface area contributed by atoms with Gasteiger partial charge in [-0.1, -0.05) is 0 Å². The number of hydrogen-bond acceptors (Lipinski definition) is 3. The largest absolute Gasteiger partial charge is 0.375 e. The second-order valence-corrected chi connectivity index (χ2v) is 3.70. The zero-order valence-corrected chi connectivity index (χ0v) is 9.25. The summed E-state index contributed by atoms with van der Waals surface area (Å²) in [5, 5.41) is 3.19. The third-order valence-electron chi connectivity index (χ3n) is 2.40. The summed E-state index contributed by atoms with van der Waals surface area (Å²) in [7, 11) is 0. The molecule has 1 rings (SSSR count). The Labute approximate surface area is 93.9 Å². The van der Waals surface area contributed by atoms with E-state index in [-0.39, 0.29) is 18.9 Å². The Hall–Kier alpha value is -0.750. The average Bonchev–Trinajstić information content (AvgIpc) is 2.52. The van der Waals surface area contributed by atoms with Gasteiger partial charge in [-0.3, -0.25) is 4.79 Å². The zero-order valence-electron chi connectivity index (χ0n) is 9.25. The van der Waals surface area contributed by atoms with Crippen molar-refractivity contribution in [2.45, 2.75) is 19.3 Å². The molecular weight excluding hydrogens is 218 g/mol. The lowest BCUT2D eigenvalue weighted by Crippen LogP contribution is -2.34. The molecule has 0 atom stereocenters. The number of carbonyl (C=O) groups is 1. The van der Waals surface area contributed by atoms with E-state index in [9.17, 15) is 13.6 Å². The molecule has 1 amide bonds. The minimum atomic E-state index is -2.46. The summed E-state index contributed by atoms with van der Waals surface area (Å²) in [5.74, 6) is -0.0158. The van der Waals surface area contributed by atoms with E-state index in [1.54, 1.807) is 4.90 Å². The van der Waals surface area contributed by atoms with Gasteiger partial charge in [-0.05, 0) is 13.0 Å². The predicted molar refractivity (Wildman–Crippen MR) is 55.5 cm³/mol. The van der Waals surface area contributed by atoms with Crippen LogP contribution in [0.3, 0.4) is 0 Å². The summed E-state index contributed by atoms with van der Waals surface area (Å²) in [4.78, 5) is 13.4. The molecule has 0 unspecified atom stereocenters. The Morgan fingerprint density at radius 1 is 1.38 bits per heavy atom. The highest BCUT2D eigenvalue weighted by Crippen LogP contribution is 2.00. The molecule has 1 fully saturated rings. The maximum atomic E-state index is 11.7. The number of nitrogens with zero attached hydrogens (tertiary/aromatic N) is 1. The normalized spacial score (nSPS) is 17.6. The van der Waals surface area contributed by atoms with Crippen LogP contribution in [0.4, 0.5) is 8.78 Å². The van der Waals surface area contributed by atoms with Crippen LogP contribution in [-0.2, 0) is 9.53 Å². The summed E-state index contributed by atoms with van der Waals surface area (Å²) >= 11 is 0. The van der Waals surface area contributed by atoms with Gasteiger partial charge in [0.05, 0.1) is 13.0 Å². The molecule has 0 saturated carbocycles. The van der Waals surface area contributed by atoms with Crippen molar-refractivity contribution in [3.8, 4) is 0 Å². The van der Waals surface area contributed by atoms with Crippen LogP contribution >= 0.6 is 0 Å². The summed E-state index contributed by atoms with van der Waals surface area (Å²) in [6.07, 6.45) is -1.34. The molecule has 16 heavy (non-hydrogen) atoms. The lowest BCUT2D eigenvalue weighted by atomic mass is 10.3. The predicted octanol–water partition coefficient (Wildman–Crippen LogP) is 0.480. The van der Waals surface area contributed by atoms with Gasteiger partial charge in [0, 0.05) is 19.6 Å². The van der Waals surface area contributed by atoms with Crippen molar-refractivity contribution in [2.24, 2.45) is 0 Å². The molecule has 0 aromatic rings. The Kier molecular flexibility index (Phi) is 6.25. The van der Waals surface area contributed by atoms with Crippen LogP contribution in [0.1, 0.15) is 12.8 Å². The van der Waals surface area contributed by atoms with E-state index in [0.29, 0.717) is 6.54 Å². The fraction of sp³-hybridized carbons (Fsp3) is 0.900. The molecule has 6 heteroatoms. The summed E-state index contributed by atoms with van der Waals surface area (Å²) in [6, 6.07) is 0. The summed E-state index contributed by atoms with van der Waals surface area (Å²) < 4.78 is 28.2. The molecule has 0 aromatic heterocycles. The second kappa shape index (κ2) is 7.51. The van der Waals surface area contributed by atoms with Crippen LogP contribution in [0, 0.1) is 0 Å². The van der Waals surface area contributed by atoms with E-state index in [2.05, 4.69) is 10.1 Å². The smallest absolute Gasteiger partial charge is 0.261 e. The van der Waals surface area contributed by atoms with Crippen molar-refractivity contribution in [3.63, 3.8) is 0 Å². The van der Waals surface area contributed by atoms with Crippen molar-refractivity contribution in [3.05, 3.63) is 0 Å². The first-order chi connectivity index (χ1) is 7.70. The zero-order chi connectivity index (χ0) is 11.8. The molecule has 0 aromatic carbocycles. The Morgan fingerprint density at radius 2 is 2.19 bits per heavy atom. The number of amides is 1. The van der Waals surface area contributed by atoms with Gasteiger partial charge in [0.1, 0.15) is 6.61 Å². The van der Waals surface area contributed by atoms with Gasteiger partial charge in [0.15, 0.2) is 0 Å². The van der Waals surface area contributed by atoms with E-state index in [1.807, 2.05) is 0 Å². The molecule has 1 saturated heterocycles. The van der Waals surface area contributed by atoms with E-state index in [1.165, 1.54) is 0 Å². The van der Waals surface area contributed by atoms with Gasteiger partial charge in [0.2, 0.25) is 5.91 Å². The Morgan fingerprint density at radius 3 is 2.94 bits per heavy atom. The molecule has 1 heterocycles. The SMILES string of the molecule is O=C(CCOCC(F)F)N1CCCNCC1. The van der Waals surface area contributed by atoms with Crippen molar-refractivity contribution >= 4 is 5.91 Å². The second-order valence-electron chi connectivity index (χ2n) is 3.70. The molecule has 0 bridgehead atoms. The highest BCUT2D eigenvalue weighted by Gasteiger charge is 2.14. The van der Waals surface area contributed by atoms with E-state index in [4.69, 9.17) is 0 Å². The maximum Gasteiger partial charge on any atom is 0.261 e. The fourth-order valence-electron chi connectivity index (χ4n) is 1.59. The van der Waals surface area contributed by atoms with Gasteiger partial charge in [-0.2, -0.15) is 0 Å². The molecule has 1 aliphatic rings. The van der Waals surface area contributed by atoms with Gasteiger partial charge in [-0.15, -0.1) is 0 Å². The van der Waals surface area contributed by atoms with Crippen LogP contribution in [0.25, 0.3) is 0 Å². The minimum absolute atomic E-state index is 0.0158. The standard InChI is InChI=1S/C10H18F2N2O2/c11-9(12)8-16-7-2-10(15)14-5-1-3-13-4-6-14/h9,13H,1-8H2. The number of carbonyl (C=O) groups excluding carboxylic acids is 1. The highest BCUT2D eigenvalue weighted by molar-refractivity contribution is 5.76. The van der Waals surface area contributed by atoms with Crippen LogP contribution in [0.5, 0.6) is 0 Å². The average molecular weight is 236 g/mol. The van der Waals surface area contributed by atoms with Crippen LogP contribution in [-0.4, -0.2) is 56.6 Å². The third kappa shape index (κ3) is 5.37. The number of halogens is 2. The fourth-order valence-corrected chi connectivity index (χ4v) is 1.59. The number of nitrogens with one attached hydrogen (secondary N) is 1. The number of alkyl halides is 2. The molecule has 94 valence electrons. The maximum absolute atomic E-state index is 11.7. The number of rotatable bonds is 5. The van der Waals surface area contributed by atoms with Crippen molar-refractivity contribution < 1.29 is 18.3 Å².